The van der Waals surface area contributed by atoms with Crippen LogP contribution in [0.1, 0.15) is 31.2 Å². The van der Waals surface area contributed by atoms with Crippen LogP contribution in [0.4, 0.5) is 13.2 Å². The molecule has 2 N–H and O–H groups in total. The number of aromatic nitrogens is 1. The minimum atomic E-state index is -4.53. The largest absolute Gasteiger partial charge is 0.451 e. The summed E-state index contributed by atoms with van der Waals surface area (Å²) in [7, 11) is 1.78. The second kappa shape index (κ2) is 4.24. The van der Waals surface area contributed by atoms with Crippen LogP contribution in [0.5, 0.6) is 0 Å². The van der Waals surface area contributed by atoms with E-state index in [1.165, 1.54) is 0 Å². The van der Waals surface area contributed by atoms with E-state index in [9.17, 15) is 13.2 Å². The second-order valence-corrected chi connectivity index (χ2v) is 4.98. The molecular formula is C11H16F3N3O. The Bertz CT molecular complexity index is 431. The summed E-state index contributed by atoms with van der Waals surface area (Å²) in [6, 6.07) is -0.121. The fourth-order valence-corrected chi connectivity index (χ4v) is 2.48. The molecule has 0 aromatic carbocycles. The van der Waals surface area contributed by atoms with E-state index >= 15 is 0 Å². The Morgan fingerprint density at radius 3 is 2.83 bits per heavy atom. The molecule has 0 radical (unpaired) electrons. The monoisotopic (exact) mass is 263 g/mol. The first-order valence-corrected chi connectivity index (χ1v) is 5.73. The SMILES string of the molecule is CN1CCC(N)CC1(C)c1ncoc1C(F)(F)F. The van der Waals surface area contributed by atoms with E-state index in [0.29, 0.717) is 13.0 Å². The van der Waals surface area contributed by atoms with Crippen molar-refractivity contribution < 1.29 is 17.6 Å². The molecule has 1 saturated heterocycles. The van der Waals surface area contributed by atoms with E-state index < -0.39 is 17.5 Å². The number of halogens is 3. The van der Waals surface area contributed by atoms with Gasteiger partial charge in [0.1, 0.15) is 5.69 Å². The topological polar surface area (TPSA) is 55.3 Å². The van der Waals surface area contributed by atoms with Crippen molar-refractivity contribution in [3.8, 4) is 0 Å². The average molecular weight is 263 g/mol. The van der Waals surface area contributed by atoms with E-state index in [-0.39, 0.29) is 11.7 Å². The summed E-state index contributed by atoms with van der Waals surface area (Å²) in [5, 5.41) is 0. The van der Waals surface area contributed by atoms with Crippen LogP contribution in [-0.4, -0.2) is 29.5 Å². The first-order chi connectivity index (χ1) is 8.25. The Kier molecular flexibility index (Phi) is 3.14. The van der Waals surface area contributed by atoms with Gasteiger partial charge in [-0.1, -0.05) is 0 Å². The lowest BCUT2D eigenvalue weighted by Gasteiger charge is -2.44. The number of hydrogen-bond donors (Lipinski definition) is 1. The third-order valence-corrected chi connectivity index (χ3v) is 3.67. The van der Waals surface area contributed by atoms with E-state index in [1.807, 2.05) is 4.90 Å². The molecule has 0 amide bonds. The number of nitrogens with zero attached hydrogens (tertiary/aromatic N) is 2. The maximum Gasteiger partial charge on any atom is 0.451 e. The molecule has 1 aromatic rings. The summed E-state index contributed by atoms with van der Waals surface area (Å²) >= 11 is 0. The van der Waals surface area contributed by atoms with Gasteiger partial charge in [0.05, 0.1) is 5.54 Å². The van der Waals surface area contributed by atoms with E-state index in [0.717, 1.165) is 12.8 Å². The van der Waals surface area contributed by atoms with Crippen LogP contribution in [-0.2, 0) is 11.7 Å². The molecule has 2 atom stereocenters. The van der Waals surface area contributed by atoms with Crippen LogP contribution in [0.15, 0.2) is 10.8 Å². The van der Waals surface area contributed by atoms with Gasteiger partial charge in [-0.2, -0.15) is 13.2 Å². The number of rotatable bonds is 1. The molecule has 2 rings (SSSR count). The van der Waals surface area contributed by atoms with Crippen molar-refractivity contribution in [3.05, 3.63) is 17.8 Å². The summed E-state index contributed by atoms with van der Waals surface area (Å²) < 4.78 is 43.1. The molecule has 1 aliphatic rings. The first-order valence-electron chi connectivity index (χ1n) is 5.73. The third kappa shape index (κ3) is 2.12. The molecule has 102 valence electrons. The van der Waals surface area contributed by atoms with Crippen LogP contribution < -0.4 is 5.73 Å². The highest BCUT2D eigenvalue weighted by atomic mass is 19.4. The predicted molar refractivity (Wildman–Crippen MR) is 58.7 cm³/mol. The predicted octanol–water partition coefficient (Wildman–Crippen LogP) is 1.96. The van der Waals surface area contributed by atoms with Crippen LogP contribution >= 0.6 is 0 Å². The lowest BCUT2D eigenvalue weighted by atomic mass is 9.82. The normalized spacial score (nSPS) is 30.7. The zero-order valence-electron chi connectivity index (χ0n) is 10.3. The molecule has 0 saturated carbocycles. The third-order valence-electron chi connectivity index (χ3n) is 3.67. The summed E-state index contributed by atoms with van der Waals surface area (Å²) in [6.45, 7) is 2.36. The van der Waals surface area contributed by atoms with Gasteiger partial charge in [0.25, 0.3) is 0 Å². The van der Waals surface area contributed by atoms with Crippen LogP contribution in [0, 0.1) is 0 Å². The van der Waals surface area contributed by atoms with Crippen molar-refractivity contribution in [1.82, 2.24) is 9.88 Å². The summed E-state index contributed by atoms with van der Waals surface area (Å²) in [5.41, 5.74) is 4.96. The lowest BCUT2D eigenvalue weighted by molar-refractivity contribution is -0.155. The Morgan fingerprint density at radius 1 is 1.56 bits per heavy atom. The first kappa shape index (κ1) is 13.4. The smallest absolute Gasteiger partial charge is 0.439 e. The van der Waals surface area contributed by atoms with E-state index in [1.54, 1.807) is 14.0 Å². The number of hydrogen-bond acceptors (Lipinski definition) is 4. The molecule has 18 heavy (non-hydrogen) atoms. The number of nitrogens with two attached hydrogens (primary N) is 1. The van der Waals surface area contributed by atoms with Gasteiger partial charge in [-0.25, -0.2) is 4.98 Å². The fourth-order valence-electron chi connectivity index (χ4n) is 2.48. The van der Waals surface area contributed by atoms with E-state index in [4.69, 9.17) is 5.73 Å². The zero-order valence-corrected chi connectivity index (χ0v) is 10.3. The van der Waals surface area contributed by atoms with Gasteiger partial charge in [0, 0.05) is 12.6 Å². The maximum absolute atomic E-state index is 12.8. The number of oxazole rings is 1. The number of likely N-dealkylation sites (tertiary alicyclic amines) is 1. The fraction of sp³-hybridized carbons (Fsp3) is 0.727. The van der Waals surface area contributed by atoms with Crippen LogP contribution in [0.3, 0.4) is 0 Å². The number of piperidine rings is 1. The Labute approximate surface area is 103 Å². The minimum Gasteiger partial charge on any atom is -0.439 e. The minimum absolute atomic E-state index is 0.0762. The van der Waals surface area contributed by atoms with Crippen LogP contribution in [0.2, 0.25) is 0 Å². The second-order valence-electron chi connectivity index (χ2n) is 4.98. The Balaban J connectivity index is 2.43. The number of alkyl halides is 3. The van der Waals surface area contributed by atoms with Crippen molar-refractivity contribution >= 4 is 0 Å². The van der Waals surface area contributed by atoms with Crippen molar-refractivity contribution in [3.63, 3.8) is 0 Å². The van der Waals surface area contributed by atoms with Gasteiger partial charge in [-0.05, 0) is 26.8 Å². The van der Waals surface area contributed by atoms with Crippen molar-refractivity contribution in [2.45, 2.75) is 37.5 Å². The van der Waals surface area contributed by atoms with Crippen molar-refractivity contribution in [2.24, 2.45) is 5.73 Å². The molecule has 0 aliphatic carbocycles. The van der Waals surface area contributed by atoms with Crippen molar-refractivity contribution in [1.29, 1.82) is 0 Å². The Morgan fingerprint density at radius 2 is 2.22 bits per heavy atom. The van der Waals surface area contributed by atoms with Gasteiger partial charge in [0.2, 0.25) is 5.76 Å². The highest BCUT2D eigenvalue weighted by Crippen LogP contribution is 2.41. The molecule has 4 nitrogen and oxygen atoms in total. The standard InChI is InChI=1S/C11H16F3N3O/c1-10(5-7(15)3-4-17(10)2)8-9(11(12,13)14)18-6-16-8/h6-7H,3-5,15H2,1-2H3. The summed E-state index contributed by atoms with van der Waals surface area (Å²) in [5.74, 6) is -1.02. The highest BCUT2D eigenvalue weighted by Gasteiger charge is 2.47. The molecule has 1 aliphatic heterocycles. The van der Waals surface area contributed by atoms with E-state index in [2.05, 4.69) is 9.40 Å². The maximum atomic E-state index is 12.8. The lowest BCUT2D eigenvalue weighted by Crippen LogP contribution is -2.52. The zero-order chi connectivity index (χ0) is 13.6. The molecule has 0 bridgehead atoms. The van der Waals surface area contributed by atoms with Gasteiger partial charge < -0.3 is 10.2 Å². The summed E-state index contributed by atoms with van der Waals surface area (Å²) in [6.07, 6.45) is -2.49. The molecule has 0 spiro atoms. The van der Waals surface area contributed by atoms with Gasteiger partial charge in [-0.15, -0.1) is 0 Å². The average Bonchev–Trinajstić information content (AvgIpc) is 2.72. The molecular weight excluding hydrogens is 247 g/mol. The quantitative estimate of drug-likeness (QED) is 0.841. The summed E-state index contributed by atoms with van der Waals surface area (Å²) in [4.78, 5) is 5.63. The highest BCUT2D eigenvalue weighted by molar-refractivity contribution is 5.22. The Hall–Kier alpha value is -1.08. The van der Waals surface area contributed by atoms with Crippen LogP contribution in [0.25, 0.3) is 0 Å². The van der Waals surface area contributed by atoms with Gasteiger partial charge >= 0.3 is 6.18 Å². The molecule has 7 heteroatoms. The molecule has 2 unspecified atom stereocenters. The molecule has 1 aromatic heterocycles. The molecule has 1 fully saturated rings. The van der Waals surface area contributed by atoms with Gasteiger partial charge in [-0.3, -0.25) is 4.90 Å². The molecule has 2 heterocycles. The van der Waals surface area contributed by atoms with Gasteiger partial charge in [0.15, 0.2) is 6.39 Å². The van der Waals surface area contributed by atoms with Crippen molar-refractivity contribution in [2.75, 3.05) is 13.6 Å².